The molecule has 3 aromatic carbocycles. The predicted molar refractivity (Wildman–Crippen MR) is 106 cm³/mol. The largest absolute Gasteiger partial charge is 0.423 e. The molecule has 0 saturated carbocycles. The third kappa shape index (κ3) is 5.14. The normalized spacial score (nSPS) is 11.0. The third-order valence-corrected chi connectivity index (χ3v) is 4.84. The number of benzene rings is 3. The molecule has 3 rings (SSSR count). The van der Waals surface area contributed by atoms with Gasteiger partial charge in [0.05, 0.1) is 11.3 Å². The van der Waals surface area contributed by atoms with Crippen molar-refractivity contribution in [2.75, 3.05) is 6.26 Å². The van der Waals surface area contributed by atoms with Gasteiger partial charge < -0.3 is 4.74 Å². The SMILES string of the molecule is CS(=O)(=O)Cc1ccc(C(=O)Oc2ccc(C(=O)c3ccccc3)cc2)cc1. The van der Waals surface area contributed by atoms with Crippen LogP contribution in [0, 0.1) is 0 Å². The van der Waals surface area contributed by atoms with Crippen LogP contribution >= 0.6 is 0 Å². The molecule has 28 heavy (non-hydrogen) atoms. The fourth-order valence-corrected chi connectivity index (χ4v) is 3.43. The van der Waals surface area contributed by atoms with Gasteiger partial charge in [-0.15, -0.1) is 0 Å². The highest BCUT2D eigenvalue weighted by Crippen LogP contribution is 2.17. The minimum atomic E-state index is -3.13. The molecule has 0 atom stereocenters. The Morgan fingerprint density at radius 3 is 1.86 bits per heavy atom. The van der Waals surface area contributed by atoms with Gasteiger partial charge in [0.15, 0.2) is 15.6 Å². The summed E-state index contributed by atoms with van der Waals surface area (Å²) in [6.07, 6.45) is 1.15. The Bertz CT molecular complexity index is 1080. The molecule has 6 heteroatoms. The fraction of sp³-hybridized carbons (Fsp3) is 0.0909. The van der Waals surface area contributed by atoms with Crippen LogP contribution in [0.15, 0.2) is 78.9 Å². The second-order valence-electron chi connectivity index (χ2n) is 6.38. The summed E-state index contributed by atoms with van der Waals surface area (Å²) < 4.78 is 27.9. The Hall–Kier alpha value is -3.25. The van der Waals surface area contributed by atoms with Gasteiger partial charge in [0.2, 0.25) is 0 Å². The molecular formula is C22H18O5S. The second kappa shape index (κ2) is 8.19. The zero-order valence-corrected chi connectivity index (χ0v) is 16.0. The summed E-state index contributed by atoms with van der Waals surface area (Å²) in [5, 5.41) is 0. The molecule has 0 fully saturated rings. The lowest BCUT2D eigenvalue weighted by Gasteiger charge is -2.07. The number of esters is 1. The van der Waals surface area contributed by atoms with Crippen LogP contribution in [-0.4, -0.2) is 26.4 Å². The van der Waals surface area contributed by atoms with Gasteiger partial charge in [-0.3, -0.25) is 4.79 Å². The Morgan fingerprint density at radius 2 is 1.29 bits per heavy atom. The molecule has 0 spiro atoms. The van der Waals surface area contributed by atoms with Crippen molar-refractivity contribution in [1.29, 1.82) is 0 Å². The quantitative estimate of drug-likeness (QED) is 0.362. The van der Waals surface area contributed by atoms with E-state index in [-0.39, 0.29) is 11.5 Å². The summed E-state index contributed by atoms with van der Waals surface area (Å²) in [5.41, 5.74) is 1.99. The zero-order chi connectivity index (χ0) is 20.1. The predicted octanol–water partition coefficient (Wildman–Crippen LogP) is 3.68. The average molecular weight is 394 g/mol. The first-order valence-electron chi connectivity index (χ1n) is 8.50. The fourth-order valence-electron chi connectivity index (χ4n) is 2.64. The third-order valence-electron chi connectivity index (χ3n) is 3.98. The maximum atomic E-state index is 12.4. The lowest BCUT2D eigenvalue weighted by molar-refractivity contribution is 0.0734. The van der Waals surface area contributed by atoms with Crippen molar-refractivity contribution in [3.63, 3.8) is 0 Å². The average Bonchev–Trinajstić information content (AvgIpc) is 2.68. The van der Waals surface area contributed by atoms with E-state index in [1.54, 1.807) is 60.7 Å². The molecule has 0 aromatic heterocycles. The van der Waals surface area contributed by atoms with Gasteiger partial charge in [-0.25, -0.2) is 13.2 Å². The highest BCUT2D eigenvalue weighted by atomic mass is 32.2. The summed E-state index contributed by atoms with van der Waals surface area (Å²) in [4.78, 5) is 24.6. The topological polar surface area (TPSA) is 77.5 Å². The van der Waals surface area contributed by atoms with Gasteiger partial charge in [0, 0.05) is 17.4 Å². The maximum Gasteiger partial charge on any atom is 0.343 e. The molecule has 0 aliphatic rings. The number of carbonyl (C=O) groups is 2. The number of hydrogen-bond acceptors (Lipinski definition) is 5. The summed E-state index contributed by atoms with van der Waals surface area (Å²) in [6.45, 7) is 0. The van der Waals surface area contributed by atoms with Gasteiger partial charge in [-0.1, -0.05) is 42.5 Å². The first-order chi connectivity index (χ1) is 13.3. The molecule has 0 bridgehead atoms. The number of carbonyl (C=O) groups excluding carboxylic acids is 2. The van der Waals surface area contributed by atoms with Crippen molar-refractivity contribution in [1.82, 2.24) is 0 Å². The lowest BCUT2D eigenvalue weighted by Crippen LogP contribution is -2.09. The van der Waals surface area contributed by atoms with Crippen molar-refractivity contribution in [2.24, 2.45) is 0 Å². The molecule has 0 radical (unpaired) electrons. The Labute approximate surface area is 163 Å². The molecule has 0 aliphatic carbocycles. The lowest BCUT2D eigenvalue weighted by atomic mass is 10.0. The number of rotatable bonds is 6. The van der Waals surface area contributed by atoms with Gasteiger partial charge in [-0.05, 0) is 42.0 Å². The Balaban J connectivity index is 1.67. The minimum absolute atomic E-state index is 0.0841. The van der Waals surface area contributed by atoms with Crippen molar-refractivity contribution in [2.45, 2.75) is 5.75 Å². The number of ether oxygens (including phenoxy) is 1. The first kappa shape index (κ1) is 19.5. The van der Waals surface area contributed by atoms with E-state index >= 15 is 0 Å². The number of ketones is 1. The van der Waals surface area contributed by atoms with E-state index in [0.717, 1.165) is 6.26 Å². The number of hydrogen-bond donors (Lipinski definition) is 0. The summed E-state index contributed by atoms with van der Waals surface area (Å²) in [5.74, 6) is -0.443. The summed E-state index contributed by atoms with van der Waals surface area (Å²) in [6, 6.07) is 21.5. The highest BCUT2D eigenvalue weighted by molar-refractivity contribution is 7.89. The molecule has 0 unspecified atom stereocenters. The summed E-state index contributed by atoms with van der Waals surface area (Å²) in [7, 11) is -3.13. The first-order valence-corrected chi connectivity index (χ1v) is 10.6. The standard InChI is InChI=1S/C22H18O5S/c1-28(25,26)15-16-7-9-19(10-8-16)22(24)27-20-13-11-18(12-14-20)21(23)17-5-3-2-4-6-17/h2-14H,15H2,1H3. The maximum absolute atomic E-state index is 12.4. The van der Waals surface area contributed by atoms with Crippen LogP contribution in [0.25, 0.3) is 0 Å². The van der Waals surface area contributed by atoms with E-state index in [4.69, 9.17) is 4.74 Å². The summed E-state index contributed by atoms with van der Waals surface area (Å²) >= 11 is 0. The van der Waals surface area contributed by atoms with Crippen molar-refractivity contribution >= 4 is 21.6 Å². The van der Waals surface area contributed by atoms with Crippen LogP contribution in [0.2, 0.25) is 0 Å². The van der Waals surface area contributed by atoms with Gasteiger partial charge in [0.25, 0.3) is 0 Å². The van der Waals surface area contributed by atoms with Crippen molar-refractivity contribution < 1.29 is 22.7 Å². The van der Waals surface area contributed by atoms with E-state index in [9.17, 15) is 18.0 Å². The molecule has 3 aromatic rings. The monoisotopic (exact) mass is 394 g/mol. The molecule has 0 heterocycles. The van der Waals surface area contributed by atoms with Crippen LogP contribution in [0.3, 0.4) is 0 Å². The van der Waals surface area contributed by atoms with Crippen LogP contribution in [0.5, 0.6) is 5.75 Å². The van der Waals surface area contributed by atoms with E-state index < -0.39 is 15.8 Å². The smallest absolute Gasteiger partial charge is 0.343 e. The van der Waals surface area contributed by atoms with Crippen LogP contribution < -0.4 is 4.74 Å². The minimum Gasteiger partial charge on any atom is -0.423 e. The highest BCUT2D eigenvalue weighted by Gasteiger charge is 2.12. The van der Waals surface area contributed by atoms with Crippen LogP contribution in [-0.2, 0) is 15.6 Å². The molecule has 0 aliphatic heterocycles. The van der Waals surface area contributed by atoms with Crippen molar-refractivity contribution in [3.05, 3.63) is 101 Å². The van der Waals surface area contributed by atoms with E-state index in [2.05, 4.69) is 0 Å². The van der Waals surface area contributed by atoms with E-state index in [0.29, 0.717) is 28.0 Å². The zero-order valence-electron chi connectivity index (χ0n) is 15.2. The van der Waals surface area contributed by atoms with Crippen LogP contribution in [0.4, 0.5) is 0 Å². The van der Waals surface area contributed by atoms with Gasteiger partial charge in [-0.2, -0.15) is 0 Å². The van der Waals surface area contributed by atoms with E-state index in [1.807, 2.05) is 6.07 Å². The molecule has 0 N–H and O–H groups in total. The molecule has 142 valence electrons. The Kier molecular flexibility index (Phi) is 5.70. The molecule has 0 saturated heterocycles. The molecule has 5 nitrogen and oxygen atoms in total. The van der Waals surface area contributed by atoms with Crippen molar-refractivity contribution in [3.8, 4) is 5.75 Å². The van der Waals surface area contributed by atoms with Gasteiger partial charge >= 0.3 is 5.97 Å². The molecule has 0 amide bonds. The van der Waals surface area contributed by atoms with Crippen LogP contribution in [0.1, 0.15) is 31.8 Å². The van der Waals surface area contributed by atoms with E-state index in [1.165, 1.54) is 12.1 Å². The Morgan fingerprint density at radius 1 is 0.750 bits per heavy atom. The van der Waals surface area contributed by atoms with Gasteiger partial charge in [0.1, 0.15) is 5.75 Å². The second-order valence-corrected chi connectivity index (χ2v) is 8.52. The number of sulfone groups is 1. The molecular weight excluding hydrogens is 376 g/mol.